The average Bonchev–Trinajstić information content (AvgIpc) is 2.87. The van der Waals surface area contributed by atoms with Gasteiger partial charge in [-0.05, 0) is 37.5 Å². The molecule has 1 amide bonds. The highest BCUT2D eigenvalue weighted by Crippen LogP contribution is 2.55. The van der Waals surface area contributed by atoms with E-state index in [2.05, 4.69) is 4.90 Å². The summed E-state index contributed by atoms with van der Waals surface area (Å²) in [7, 11) is 3.61. The minimum atomic E-state index is -0.198. The second-order valence-corrected chi connectivity index (χ2v) is 6.24. The number of rotatable bonds is 2. The van der Waals surface area contributed by atoms with Crippen LogP contribution >= 0.6 is 0 Å². The number of fused-ring (bicyclic) bond motifs is 1. The molecule has 4 nitrogen and oxygen atoms in total. The van der Waals surface area contributed by atoms with Crippen LogP contribution in [0.15, 0.2) is 0 Å². The van der Waals surface area contributed by atoms with Gasteiger partial charge in [0.2, 0.25) is 5.91 Å². The third-order valence-electron chi connectivity index (χ3n) is 5.18. The van der Waals surface area contributed by atoms with E-state index < -0.39 is 0 Å². The van der Waals surface area contributed by atoms with Gasteiger partial charge in [0.15, 0.2) is 0 Å². The minimum Gasteiger partial charge on any atom is -0.391 e. The van der Waals surface area contributed by atoms with Crippen molar-refractivity contribution in [2.24, 2.45) is 17.8 Å². The van der Waals surface area contributed by atoms with Crippen LogP contribution in [0, 0.1) is 17.8 Å². The number of hydrogen-bond acceptors (Lipinski definition) is 3. The van der Waals surface area contributed by atoms with Crippen molar-refractivity contribution >= 4 is 5.91 Å². The SMILES string of the molecule is CC(C(=O)N(C)C)N1CC2CC3CC2C1C3O. The molecule has 3 rings (SSSR count). The van der Waals surface area contributed by atoms with E-state index in [0.717, 1.165) is 12.5 Å². The lowest BCUT2D eigenvalue weighted by atomic mass is 9.88. The van der Waals surface area contributed by atoms with Gasteiger partial charge in [-0.15, -0.1) is 0 Å². The topological polar surface area (TPSA) is 43.8 Å². The van der Waals surface area contributed by atoms with E-state index in [9.17, 15) is 9.90 Å². The van der Waals surface area contributed by atoms with Crippen LogP contribution in [0.4, 0.5) is 0 Å². The molecule has 0 radical (unpaired) electrons. The lowest BCUT2D eigenvalue weighted by Gasteiger charge is -2.33. The zero-order chi connectivity index (χ0) is 12.3. The minimum absolute atomic E-state index is 0.0889. The molecule has 2 bridgehead atoms. The van der Waals surface area contributed by atoms with Crippen molar-refractivity contribution in [3.05, 3.63) is 0 Å². The first-order valence-electron chi connectivity index (χ1n) is 6.65. The fourth-order valence-electron chi connectivity index (χ4n) is 4.41. The Hall–Kier alpha value is -0.610. The summed E-state index contributed by atoms with van der Waals surface area (Å²) in [5.74, 6) is 2.03. The van der Waals surface area contributed by atoms with Crippen molar-refractivity contribution in [1.29, 1.82) is 0 Å². The van der Waals surface area contributed by atoms with E-state index in [1.807, 2.05) is 6.92 Å². The Kier molecular flexibility index (Phi) is 2.49. The molecular weight excluding hydrogens is 216 g/mol. The number of nitrogens with zero attached hydrogens (tertiary/aromatic N) is 2. The van der Waals surface area contributed by atoms with Gasteiger partial charge in [0.1, 0.15) is 0 Å². The zero-order valence-electron chi connectivity index (χ0n) is 10.8. The molecule has 0 spiro atoms. The van der Waals surface area contributed by atoms with Crippen LogP contribution in [0.2, 0.25) is 0 Å². The van der Waals surface area contributed by atoms with Gasteiger partial charge in [-0.2, -0.15) is 0 Å². The third kappa shape index (κ3) is 1.47. The summed E-state index contributed by atoms with van der Waals surface area (Å²) in [6.07, 6.45) is 2.15. The van der Waals surface area contributed by atoms with Crippen LogP contribution in [-0.4, -0.2) is 59.6 Å². The highest BCUT2D eigenvalue weighted by atomic mass is 16.3. The molecule has 0 aromatic rings. The van der Waals surface area contributed by atoms with E-state index >= 15 is 0 Å². The monoisotopic (exact) mass is 238 g/mol. The van der Waals surface area contributed by atoms with Crippen LogP contribution in [0.5, 0.6) is 0 Å². The van der Waals surface area contributed by atoms with Gasteiger partial charge < -0.3 is 10.0 Å². The van der Waals surface area contributed by atoms with E-state index in [1.54, 1.807) is 19.0 Å². The summed E-state index contributed by atoms with van der Waals surface area (Å²) in [4.78, 5) is 16.0. The highest BCUT2D eigenvalue weighted by molar-refractivity contribution is 5.81. The maximum absolute atomic E-state index is 12.0. The average molecular weight is 238 g/mol. The fraction of sp³-hybridized carbons (Fsp3) is 0.923. The predicted octanol–water partition coefficient (Wildman–Crippen LogP) is 0.164. The first kappa shape index (κ1) is 11.5. The van der Waals surface area contributed by atoms with Gasteiger partial charge in [-0.1, -0.05) is 0 Å². The highest BCUT2D eigenvalue weighted by Gasteiger charge is 2.59. The molecule has 2 saturated carbocycles. The van der Waals surface area contributed by atoms with Gasteiger partial charge in [0, 0.05) is 26.7 Å². The van der Waals surface area contributed by atoms with Crippen molar-refractivity contribution in [2.45, 2.75) is 38.0 Å². The number of amides is 1. The molecule has 3 fully saturated rings. The van der Waals surface area contributed by atoms with Crippen LogP contribution in [0.25, 0.3) is 0 Å². The smallest absolute Gasteiger partial charge is 0.239 e. The second kappa shape index (κ2) is 3.69. The van der Waals surface area contributed by atoms with E-state index in [1.165, 1.54) is 12.8 Å². The maximum atomic E-state index is 12.0. The Morgan fingerprint density at radius 2 is 2.06 bits per heavy atom. The molecule has 4 heteroatoms. The van der Waals surface area contributed by atoms with Gasteiger partial charge in [-0.3, -0.25) is 9.69 Å². The molecule has 6 atom stereocenters. The van der Waals surface area contributed by atoms with E-state index in [-0.39, 0.29) is 24.1 Å². The van der Waals surface area contributed by atoms with E-state index in [4.69, 9.17) is 0 Å². The number of aliphatic hydroxyl groups excluding tert-OH is 1. The Bertz CT molecular complexity index is 342. The summed E-state index contributed by atoms with van der Waals surface area (Å²) >= 11 is 0. The number of aliphatic hydroxyl groups is 1. The Morgan fingerprint density at radius 1 is 1.35 bits per heavy atom. The van der Waals surface area contributed by atoms with E-state index in [0.29, 0.717) is 11.8 Å². The second-order valence-electron chi connectivity index (χ2n) is 6.24. The number of carbonyl (C=O) groups excluding carboxylic acids is 1. The molecule has 96 valence electrons. The lowest BCUT2D eigenvalue weighted by Crippen LogP contribution is -2.50. The molecule has 6 unspecified atom stereocenters. The largest absolute Gasteiger partial charge is 0.391 e. The van der Waals surface area contributed by atoms with Crippen molar-refractivity contribution in [2.75, 3.05) is 20.6 Å². The molecule has 1 N–H and O–H groups in total. The summed E-state index contributed by atoms with van der Waals surface area (Å²) in [5.41, 5.74) is 0. The molecule has 1 heterocycles. The molecule has 0 aromatic heterocycles. The Balaban J connectivity index is 1.80. The normalized spacial score (nSPS) is 45.3. The summed E-state index contributed by atoms with van der Waals surface area (Å²) in [6, 6.07) is 0.159. The third-order valence-corrected chi connectivity index (χ3v) is 5.18. The fourth-order valence-corrected chi connectivity index (χ4v) is 4.41. The predicted molar refractivity (Wildman–Crippen MR) is 64.4 cm³/mol. The maximum Gasteiger partial charge on any atom is 0.239 e. The number of carbonyl (C=O) groups is 1. The summed E-state index contributed by atoms with van der Waals surface area (Å²) < 4.78 is 0. The number of likely N-dealkylation sites (tertiary alicyclic amines) is 1. The Labute approximate surface area is 103 Å². The van der Waals surface area contributed by atoms with Gasteiger partial charge in [0.25, 0.3) is 0 Å². The van der Waals surface area contributed by atoms with Crippen LogP contribution in [0.1, 0.15) is 19.8 Å². The summed E-state index contributed by atoms with van der Waals surface area (Å²) in [6.45, 7) is 2.98. The van der Waals surface area contributed by atoms with Crippen molar-refractivity contribution in [1.82, 2.24) is 9.80 Å². The lowest BCUT2D eigenvalue weighted by molar-refractivity contribution is -0.134. The molecular formula is C13H22N2O2. The van der Waals surface area contributed by atoms with Crippen molar-refractivity contribution in [3.8, 4) is 0 Å². The zero-order valence-corrected chi connectivity index (χ0v) is 10.8. The van der Waals surface area contributed by atoms with Crippen molar-refractivity contribution in [3.63, 3.8) is 0 Å². The molecule has 1 aliphatic heterocycles. The Morgan fingerprint density at radius 3 is 2.65 bits per heavy atom. The molecule has 3 aliphatic rings. The standard InChI is InChI=1S/C13H22N2O2/c1-7(13(17)14(2)3)15-6-9-4-8-5-10(9)11(15)12(8)16/h7-12,16H,4-6H2,1-3H3. The van der Waals surface area contributed by atoms with Gasteiger partial charge in [0.05, 0.1) is 12.1 Å². The number of likely N-dealkylation sites (N-methyl/N-ethyl adjacent to an activating group) is 1. The van der Waals surface area contributed by atoms with Crippen molar-refractivity contribution < 1.29 is 9.90 Å². The summed E-state index contributed by atoms with van der Waals surface area (Å²) in [5, 5.41) is 10.3. The van der Waals surface area contributed by atoms with Crippen LogP contribution in [-0.2, 0) is 4.79 Å². The quantitative estimate of drug-likeness (QED) is 0.745. The van der Waals surface area contributed by atoms with Gasteiger partial charge in [-0.25, -0.2) is 0 Å². The van der Waals surface area contributed by atoms with Crippen LogP contribution in [0.3, 0.4) is 0 Å². The molecule has 2 aliphatic carbocycles. The number of hydrogen-bond donors (Lipinski definition) is 1. The molecule has 1 saturated heterocycles. The van der Waals surface area contributed by atoms with Gasteiger partial charge >= 0.3 is 0 Å². The molecule has 0 aromatic carbocycles. The molecule has 17 heavy (non-hydrogen) atoms. The first-order chi connectivity index (χ1) is 8.00. The first-order valence-corrected chi connectivity index (χ1v) is 6.65. The van der Waals surface area contributed by atoms with Crippen LogP contribution < -0.4 is 0 Å².